The minimum atomic E-state index is -0.722. The Balaban J connectivity index is 1.10. The van der Waals surface area contributed by atoms with E-state index in [9.17, 15) is 24.0 Å². The predicted molar refractivity (Wildman–Crippen MR) is 216 cm³/mol. The number of nitrogens with one attached hydrogen (secondary N) is 4. The van der Waals surface area contributed by atoms with Gasteiger partial charge in [-0.15, -0.1) is 0 Å². The Hall–Kier alpha value is -6.18. The molecule has 2 aromatic heterocycles. The Kier molecular flexibility index (Phi) is 11.3. The lowest BCUT2D eigenvalue weighted by Gasteiger charge is -2.30. The highest BCUT2D eigenvalue weighted by molar-refractivity contribution is 5.92. The SMILES string of the molecule is CC[C@H](NC(=O)OC)C(=O)N1CCCC1c1cc(=O)c2ccc(-c3ccc4cc(-c5cnc(C6CCCN6C(=O)[C@@H](NC(=O)OC)C(C)C)[nH]5)ccc4c3)cc2[nH]1. The van der Waals surface area contributed by atoms with Crippen molar-refractivity contribution in [3.63, 3.8) is 0 Å². The van der Waals surface area contributed by atoms with Gasteiger partial charge in [-0.25, -0.2) is 14.6 Å². The zero-order valence-corrected chi connectivity index (χ0v) is 32.9. The van der Waals surface area contributed by atoms with Crippen LogP contribution in [0.2, 0.25) is 0 Å². The van der Waals surface area contributed by atoms with Crippen molar-refractivity contribution in [2.24, 2.45) is 5.92 Å². The van der Waals surface area contributed by atoms with Crippen molar-refractivity contribution in [3.05, 3.63) is 88.6 Å². The molecule has 57 heavy (non-hydrogen) atoms. The number of ether oxygens (including phenoxy) is 2. The molecule has 298 valence electrons. The topological polar surface area (TPSA) is 179 Å². The molecule has 14 heteroatoms. The van der Waals surface area contributed by atoms with Gasteiger partial charge in [-0.2, -0.15) is 0 Å². The fraction of sp³-hybridized carbons (Fsp3) is 0.395. The number of aromatic amines is 2. The van der Waals surface area contributed by atoms with Gasteiger partial charge in [-0.05, 0) is 84.2 Å². The number of carbonyl (C=O) groups is 4. The van der Waals surface area contributed by atoms with Crippen LogP contribution in [-0.4, -0.2) is 88.1 Å². The zero-order valence-electron chi connectivity index (χ0n) is 32.9. The van der Waals surface area contributed by atoms with Crippen LogP contribution in [0.15, 0.2) is 71.7 Å². The third-order valence-electron chi connectivity index (χ3n) is 11.3. The van der Waals surface area contributed by atoms with Crippen molar-refractivity contribution in [3.8, 4) is 22.4 Å². The first-order valence-electron chi connectivity index (χ1n) is 19.6. The second-order valence-corrected chi connectivity index (χ2v) is 15.1. The number of fused-ring (bicyclic) bond motifs is 2. The number of H-pyrrole nitrogens is 2. The minimum Gasteiger partial charge on any atom is -0.453 e. The molecule has 5 aromatic rings. The van der Waals surface area contributed by atoms with Gasteiger partial charge in [0, 0.05) is 35.8 Å². The largest absolute Gasteiger partial charge is 0.453 e. The number of nitrogens with zero attached hydrogens (tertiary/aromatic N) is 3. The molecule has 2 aliphatic heterocycles. The summed E-state index contributed by atoms with van der Waals surface area (Å²) in [5, 5.41) is 7.96. The molecule has 4 amide bonds. The van der Waals surface area contributed by atoms with Crippen LogP contribution in [0.3, 0.4) is 0 Å². The highest BCUT2D eigenvalue weighted by atomic mass is 16.5. The van der Waals surface area contributed by atoms with Crippen molar-refractivity contribution < 1.29 is 28.7 Å². The number of hydrogen-bond acceptors (Lipinski definition) is 8. The number of methoxy groups -OCH3 is 2. The van der Waals surface area contributed by atoms with Gasteiger partial charge in [-0.3, -0.25) is 14.4 Å². The van der Waals surface area contributed by atoms with Gasteiger partial charge in [0.05, 0.1) is 43.7 Å². The first-order chi connectivity index (χ1) is 27.5. The fourth-order valence-corrected chi connectivity index (χ4v) is 8.16. The molecule has 0 spiro atoms. The molecule has 0 aliphatic carbocycles. The van der Waals surface area contributed by atoms with Crippen molar-refractivity contribution in [1.82, 2.24) is 35.4 Å². The molecule has 14 nitrogen and oxygen atoms in total. The predicted octanol–water partition coefficient (Wildman–Crippen LogP) is 6.58. The van der Waals surface area contributed by atoms with Crippen LogP contribution in [0.4, 0.5) is 9.59 Å². The Morgan fingerprint density at radius 3 is 2.09 bits per heavy atom. The number of rotatable bonds is 10. The Morgan fingerprint density at radius 2 is 1.40 bits per heavy atom. The van der Waals surface area contributed by atoms with E-state index >= 15 is 0 Å². The van der Waals surface area contributed by atoms with Crippen LogP contribution in [-0.2, 0) is 19.1 Å². The third kappa shape index (κ3) is 7.94. The Labute approximate surface area is 330 Å². The van der Waals surface area contributed by atoms with Crippen LogP contribution in [0.5, 0.6) is 0 Å². The summed E-state index contributed by atoms with van der Waals surface area (Å²) in [6, 6.07) is 17.8. The van der Waals surface area contributed by atoms with Gasteiger partial charge in [-0.1, -0.05) is 51.1 Å². The second kappa shape index (κ2) is 16.5. The maximum absolute atomic E-state index is 13.6. The van der Waals surface area contributed by atoms with E-state index in [1.807, 2.05) is 45.0 Å². The molecule has 4 N–H and O–H groups in total. The van der Waals surface area contributed by atoms with Gasteiger partial charge in [0.1, 0.15) is 17.9 Å². The molecule has 3 aromatic carbocycles. The molecule has 7 rings (SSSR count). The first kappa shape index (κ1) is 39.1. The van der Waals surface area contributed by atoms with E-state index in [1.165, 1.54) is 14.2 Å². The molecule has 4 atom stereocenters. The second-order valence-electron chi connectivity index (χ2n) is 15.1. The van der Waals surface area contributed by atoms with Crippen molar-refractivity contribution in [2.75, 3.05) is 27.3 Å². The standard InChI is InChI=1S/C43H49N7O7/c1-6-31(47-42(54)56-4)40(52)49-17-7-9-35(49)33-22-37(51)30-16-15-28(21-32(30)45-33)26-11-12-27-20-29(14-13-25(27)19-26)34-23-44-39(46-34)36-10-8-18-50(36)41(53)38(24(2)3)48-43(55)57-5/h11-16,19-24,31,35-36,38H,6-10,17-18H2,1-5H3,(H,44,46)(H,45,51)(H,47,54)(H,48,55)/t31-,35?,36?,38-/m0/s1. The quantitative estimate of drug-likeness (QED) is 0.123. The highest BCUT2D eigenvalue weighted by Crippen LogP contribution is 2.35. The van der Waals surface area contributed by atoms with Gasteiger partial charge >= 0.3 is 12.2 Å². The summed E-state index contributed by atoms with van der Waals surface area (Å²) in [6.45, 7) is 6.73. The van der Waals surface area contributed by atoms with E-state index in [4.69, 9.17) is 14.5 Å². The van der Waals surface area contributed by atoms with Crippen LogP contribution >= 0.6 is 0 Å². The number of pyridine rings is 1. The highest BCUT2D eigenvalue weighted by Gasteiger charge is 2.38. The summed E-state index contributed by atoms with van der Waals surface area (Å²) in [6.07, 6.45) is 3.99. The fourth-order valence-electron chi connectivity index (χ4n) is 8.16. The maximum Gasteiger partial charge on any atom is 0.407 e. The van der Waals surface area contributed by atoms with Crippen LogP contribution in [0, 0.1) is 5.92 Å². The van der Waals surface area contributed by atoms with Gasteiger partial charge < -0.3 is 39.9 Å². The Morgan fingerprint density at radius 1 is 0.789 bits per heavy atom. The molecular weight excluding hydrogens is 727 g/mol. The van der Waals surface area contributed by atoms with E-state index in [0.29, 0.717) is 48.4 Å². The molecule has 2 saturated heterocycles. The van der Waals surface area contributed by atoms with Crippen molar-refractivity contribution in [1.29, 1.82) is 0 Å². The van der Waals surface area contributed by atoms with Crippen LogP contribution < -0.4 is 16.1 Å². The first-order valence-corrected chi connectivity index (χ1v) is 19.6. The number of carbonyl (C=O) groups excluding carboxylic acids is 4. The summed E-state index contributed by atoms with van der Waals surface area (Å²) in [5.41, 5.74) is 4.94. The average Bonchev–Trinajstić information content (AvgIpc) is 4.02. The summed E-state index contributed by atoms with van der Waals surface area (Å²) >= 11 is 0. The van der Waals surface area contributed by atoms with Gasteiger partial charge in [0.2, 0.25) is 11.8 Å². The average molecular weight is 776 g/mol. The van der Waals surface area contributed by atoms with E-state index in [1.54, 1.807) is 22.1 Å². The molecule has 2 aliphatic rings. The normalized spacial score (nSPS) is 17.9. The number of imidazole rings is 1. The number of alkyl carbamates (subject to hydrolysis) is 2. The molecule has 2 fully saturated rings. The summed E-state index contributed by atoms with van der Waals surface area (Å²) in [7, 11) is 2.55. The lowest BCUT2D eigenvalue weighted by molar-refractivity contribution is -0.135. The summed E-state index contributed by atoms with van der Waals surface area (Å²) < 4.78 is 9.48. The zero-order chi connectivity index (χ0) is 40.4. The van der Waals surface area contributed by atoms with E-state index in [-0.39, 0.29) is 35.2 Å². The maximum atomic E-state index is 13.6. The monoisotopic (exact) mass is 775 g/mol. The lowest BCUT2D eigenvalue weighted by atomic mass is 9.98. The number of hydrogen-bond donors (Lipinski definition) is 4. The number of likely N-dealkylation sites (tertiary alicyclic amines) is 2. The third-order valence-corrected chi connectivity index (χ3v) is 11.3. The van der Waals surface area contributed by atoms with Gasteiger partial charge in [0.15, 0.2) is 5.43 Å². The van der Waals surface area contributed by atoms with E-state index in [2.05, 4.69) is 50.9 Å². The van der Waals surface area contributed by atoms with Gasteiger partial charge in [0.25, 0.3) is 0 Å². The Bertz CT molecular complexity index is 2390. The lowest BCUT2D eigenvalue weighted by Crippen LogP contribution is -2.51. The number of benzene rings is 3. The smallest absolute Gasteiger partial charge is 0.407 e. The van der Waals surface area contributed by atoms with Crippen molar-refractivity contribution >= 4 is 45.7 Å². The van der Waals surface area contributed by atoms with E-state index in [0.717, 1.165) is 52.4 Å². The molecule has 4 heterocycles. The van der Waals surface area contributed by atoms with Crippen LogP contribution in [0.1, 0.15) is 76.5 Å². The molecule has 0 saturated carbocycles. The van der Waals surface area contributed by atoms with E-state index < -0.39 is 24.3 Å². The molecule has 0 radical (unpaired) electrons. The van der Waals surface area contributed by atoms with Crippen molar-refractivity contribution in [2.45, 2.75) is 77.0 Å². The molecule has 2 unspecified atom stereocenters. The summed E-state index contributed by atoms with van der Waals surface area (Å²) in [5.74, 6) is 0.231. The number of amides is 4. The molecular formula is C43H49N7O7. The minimum absolute atomic E-state index is 0.119. The molecule has 0 bridgehead atoms. The van der Waals surface area contributed by atoms with Crippen LogP contribution in [0.25, 0.3) is 44.1 Å². The number of aromatic nitrogens is 3. The summed E-state index contributed by atoms with van der Waals surface area (Å²) in [4.78, 5) is 79.5.